The number of anilines is 1. The van der Waals surface area contributed by atoms with Gasteiger partial charge in [0.05, 0.1) is 0 Å². The standard InChI is InChI=1S/C12H14N4/c1-8-9(2)15-12(16-11(8)13-3)10-4-6-14-7-5-10/h4-7H,1-3H3,(H,13,15,16). The molecule has 4 nitrogen and oxygen atoms in total. The molecule has 0 atom stereocenters. The molecule has 16 heavy (non-hydrogen) atoms. The largest absolute Gasteiger partial charge is 0.373 e. The first-order valence-corrected chi connectivity index (χ1v) is 5.15. The van der Waals surface area contributed by atoms with Gasteiger partial charge in [-0.3, -0.25) is 4.98 Å². The molecule has 4 heteroatoms. The summed E-state index contributed by atoms with van der Waals surface area (Å²) in [6.45, 7) is 4.00. The molecule has 2 aromatic heterocycles. The second-order valence-corrected chi connectivity index (χ2v) is 3.59. The lowest BCUT2D eigenvalue weighted by atomic mass is 10.2. The minimum atomic E-state index is 0.731. The van der Waals surface area contributed by atoms with E-state index in [1.165, 1.54) is 0 Å². The Bertz CT molecular complexity index is 494. The molecule has 0 spiro atoms. The maximum atomic E-state index is 4.47. The highest BCUT2D eigenvalue weighted by Gasteiger charge is 2.07. The van der Waals surface area contributed by atoms with Gasteiger partial charge >= 0.3 is 0 Å². The summed E-state index contributed by atoms with van der Waals surface area (Å²) < 4.78 is 0. The van der Waals surface area contributed by atoms with Crippen molar-refractivity contribution in [2.45, 2.75) is 13.8 Å². The Kier molecular flexibility index (Phi) is 2.81. The molecule has 0 radical (unpaired) electrons. The minimum absolute atomic E-state index is 0.731. The topological polar surface area (TPSA) is 50.7 Å². The van der Waals surface area contributed by atoms with Crippen molar-refractivity contribution in [1.82, 2.24) is 15.0 Å². The van der Waals surface area contributed by atoms with Gasteiger partial charge in [-0.25, -0.2) is 9.97 Å². The molecule has 0 unspecified atom stereocenters. The SMILES string of the molecule is CNc1nc(-c2ccncc2)nc(C)c1C. The van der Waals surface area contributed by atoms with Crippen molar-refractivity contribution in [3.8, 4) is 11.4 Å². The van der Waals surface area contributed by atoms with Crippen LogP contribution in [0.15, 0.2) is 24.5 Å². The van der Waals surface area contributed by atoms with Gasteiger partial charge in [-0.05, 0) is 26.0 Å². The van der Waals surface area contributed by atoms with Crippen molar-refractivity contribution in [1.29, 1.82) is 0 Å². The molecule has 2 rings (SSSR count). The third kappa shape index (κ3) is 1.86. The highest BCUT2D eigenvalue weighted by atomic mass is 15.0. The molecule has 2 heterocycles. The average molecular weight is 214 g/mol. The Morgan fingerprint density at radius 1 is 1.06 bits per heavy atom. The van der Waals surface area contributed by atoms with E-state index in [9.17, 15) is 0 Å². The van der Waals surface area contributed by atoms with Gasteiger partial charge in [0, 0.05) is 36.3 Å². The normalized spacial score (nSPS) is 10.2. The summed E-state index contributed by atoms with van der Waals surface area (Å²) >= 11 is 0. The first kappa shape index (κ1) is 10.5. The van der Waals surface area contributed by atoms with Crippen LogP contribution in [-0.4, -0.2) is 22.0 Å². The lowest BCUT2D eigenvalue weighted by molar-refractivity contribution is 1.07. The number of rotatable bonds is 2. The van der Waals surface area contributed by atoms with Gasteiger partial charge in [0.1, 0.15) is 5.82 Å². The van der Waals surface area contributed by atoms with Crippen molar-refractivity contribution in [2.75, 3.05) is 12.4 Å². The number of aromatic nitrogens is 3. The summed E-state index contributed by atoms with van der Waals surface area (Å²) in [4.78, 5) is 12.9. The van der Waals surface area contributed by atoms with E-state index in [1.54, 1.807) is 12.4 Å². The van der Waals surface area contributed by atoms with E-state index in [4.69, 9.17) is 0 Å². The summed E-state index contributed by atoms with van der Waals surface area (Å²) in [5.41, 5.74) is 3.06. The fourth-order valence-corrected chi connectivity index (χ4v) is 1.50. The van der Waals surface area contributed by atoms with Crippen molar-refractivity contribution < 1.29 is 0 Å². The van der Waals surface area contributed by atoms with Crippen molar-refractivity contribution >= 4 is 5.82 Å². The number of pyridine rings is 1. The van der Waals surface area contributed by atoms with Crippen LogP contribution in [0.25, 0.3) is 11.4 Å². The zero-order valence-corrected chi connectivity index (χ0v) is 9.65. The second-order valence-electron chi connectivity index (χ2n) is 3.59. The molecule has 0 aromatic carbocycles. The van der Waals surface area contributed by atoms with E-state index in [2.05, 4.69) is 20.3 Å². The molecule has 0 amide bonds. The number of nitrogens with zero attached hydrogens (tertiary/aromatic N) is 3. The Balaban J connectivity index is 2.55. The first-order valence-electron chi connectivity index (χ1n) is 5.15. The van der Waals surface area contributed by atoms with Gasteiger partial charge in [-0.1, -0.05) is 0 Å². The molecule has 0 aliphatic carbocycles. The fourth-order valence-electron chi connectivity index (χ4n) is 1.50. The van der Waals surface area contributed by atoms with E-state index in [-0.39, 0.29) is 0 Å². The molecular formula is C12H14N4. The molecule has 2 aromatic rings. The molecule has 0 bridgehead atoms. The van der Waals surface area contributed by atoms with E-state index < -0.39 is 0 Å². The number of hydrogen-bond acceptors (Lipinski definition) is 4. The van der Waals surface area contributed by atoms with Crippen LogP contribution in [-0.2, 0) is 0 Å². The highest BCUT2D eigenvalue weighted by Crippen LogP contribution is 2.20. The molecular weight excluding hydrogens is 200 g/mol. The first-order chi connectivity index (χ1) is 7.72. The molecule has 0 saturated heterocycles. The zero-order chi connectivity index (χ0) is 11.5. The minimum Gasteiger partial charge on any atom is -0.373 e. The van der Waals surface area contributed by atoms with E-state index >= 15 is 0 Å². The van der Waals surface area contributed by atoms with Crippen LogP contribution in [0, 0.1) is 13.8 Å². The van der Waals surface area contributed by atoms with Crippen molar-refractivity contribution in [2.24, 2.45) is 0 Å². The van der Waals surface area contributed by atoms with E-state index in [0.29, 0.717) is 0 Å². The highest BCUT2D eigenvalue weighted by molar-refractivity contribution is 5.58. The van der Waals surface area contributed by atoms with Gasteiger partial charge in [-0.2, -0.15) is 0 Å². The molecule has 0 aliphatic heterocycles. The summed E-state index contributed by atoms with van der Waals surface area (Å²) in [5.74, 6) is 1.61. The maximum Gasteiger partial charge on any atom is 0.161 e. The lowest BCUT2D eigenvalue weighted by Gasteiger charge is -2.09. The van der Waals surface area contributed by atoms with Gasteiger partial charge < -0.3 is 5.32 Å². The van der Waals surface area contributed by atoms with Gasteiger partial charge in [0.2, 0.25) is 0 Å². The van der Waals surface area contributed by atoms with Crippen LogP contribution >= 0.6 is 0 Å². The van der Waals surface area contributed by atoms with Crippen LogP contribution in [0.2, 0.25) is 0 Å². The monoisotopic (exact) mass is 214 g/mol. The number of nitrogens with one attached hydrogen (secondary N) is 1. The molecule has 1 N–H and O–H groups in total. The second kappa shape index (κ2) is 4.26. The van der Waals surface area contributed by atoms with Crippen molar-refractivity contribution in [3.63, 3.8) is 0 Å². The van der Waals surface area contributed by atoms with Crippen LogP contribution < -0.4 is 5.32 Å². The van der Waals surface area contributed by atoms with Gasteiger partial charge in [0.15, 0.2) is 5.82 Å². The summed E-state index contributed by atoms with van der Waals surface area (Å²) in [7, 11) is 1.87. The Morgan fingerprint density at radius 3 is 2.38 bits per heavy atom. The Morgan fingerprint density at radius 2 is 1.75 bits per heavy atom. The molecule has 0 saturated carbocycles. The summed E-state index contributed by atoms with van der Waals surface area (Å²) in [6.07, 6.45) is 3.49. The predicted octanol–water partition coefficient (Wildman–Crippen LogP) is 2.20. The number of hydrogen-bond donors (Lipinski definition) is 1. The van der Waals surface area contributed by atoms with Gasteiger partial charge in [0.25, 0.3) is 0 Å². The van der Waals surface area contributed by atoms with Crippen LogP contribution in [0.4, 0.5) is 5.82 Å². The van der Waals surface area contributed by atoms with Crippen LogP contribution in [0.1, 0.15) is 11.3 Å². The van der Waals surface area contributed by atoms with E-state index in [1.807, 2.05) is 33.0 Å². The quantitative estimate of drug-likeness (QED) is 0.832. The zero-order valence-electron chi connectivity index (χ0n) is 9.65. The van der Waals surface area contributed by atoms with Crippen molar-refractivity contribution in [3.05, 3.63) is 35.8 Å². The Hall–Kier alpha value is -1.97. The predicted molar refractivity (Wildman–Crippen MR) is 64.3 cm³/mol. The lowest BCUT2D eigenvalue weighted by Crippen LogP contribution is -2.02. The maximum absolute atomic E-state index is 4.47. The van der Waals surface area contributed by atoms with Gasteiger partial charge in [-0.15, -0.1) is 0 Å². The summed E-state index contributed by atoms with van der Waals surface area (Å²) in [5, 5.41) is 3.08. The fraction of sp³-hybridized carbons (Fsp3) is 0.250. The van der Waals surface area contributed by atoms with E-state index in [0.717, 1.165) is 28.5 Å². The number of aryl methyl sites for hydroxylation is 1. The third-order valence-electron chi connectivity index (χ3n) is 2.56. The van der Waals surface area contributed by atoms with Crippen LogP contribution in [0.5, 0.6) is 0 Å². The average Bonchev–Trinajstić information content (AvgIpc) is 2.33. The third-order valence-corrected chi connectivity index (χ3v) is 2.56. The molecule has 0 aliphatic rings. The Labute approximate surface area is 94.8 Å². The smallest absolute Gasteiger partial charge is 0.161 e. The molecule has 0 fully saturated rings. The summed E-state index contributed by atoms with van der Waals surface area (Å²) in [6, 6.07) is 3.81. The van der Waals surface area contributed by atoms with Crippen LogP contribution in [0.3, 0.4) is 0 Å². The molecule has 82 valence electrons.